The number of aliphatic hydroxyl groups excluding tert-OH is 1. The summed E-state index contributed by atoms with van der Waals surface area (Å²) in [5.41, 5.74) is 7.46. The van der Waals surface area contributed by atoms with E-state index in [9.17, 15) is 9.90 Å². The smallest absolute Gasteiger partial charge is 0.343 e. The number of ether oxygens (including phenoxy) is 1. The van der Waals surface area contributed by atoms with Gasteiger partial charge in [-0.25, -0.2) is 4.79 Å². The molecule has 5 heteroatoms. The second-order valence-electron chi connectivity index (χ2n) is 4.21. The summed E-state index contributed by atoms with van der Waals surface area (Å²) in [6, 6.07) is 7.08. The fraction of sp³-hybridized carbons (Fsp3) is 0.286. The lowest BCUT2D eigenvalue weighted by molar-refractivity contribution is -0.138. The van der Waals surface area contributed by atoms with E-state index in [1.54, 1.807) is 13.0 Å². The summed E-state index contributed by atoms with van der Waals surface area (Å²) in [7, 11) is 0. The summed E-state index contributed by atoms with van der Waals surface area (Å²) < 4.78 is 4.84. The maximum absolute atomic E-state index is 11.6. The van der Waals surface area contributed by atoms with Crippen LogP contribution in [0.5, 0.6) is 0 Å². The van der Waals surface area contributed by atoms with Gasteiger partial charge < -0.3 is 15.6 Å². The molecule has 0 bridgehead atoms. The number of nitrogen functional groups attached to an aromatic ring is 1. The quantitative estimate of drug-likeness (QED) is 0.644. The van der Waals surface area contributed by atoms with Crippen LogP contribution in [0, 0.1) is 0 Å². The molecular formula is C14H16N2O3. The number of hydrogen-bond acceptors (Lipinski definition) is 5. The molecule has 0 radical (unpaired) electrons. The van der Waals surface area contributed by atoms with Crippen LogP contribution in [0.25, 0.3) is 0 Å². The fourth-order valence-electron chi connectivity index (χ4n) is 1.97. The molecule has 1 atom stereocenters. The molecule has 0 fully saturated rings. The summed E-state index contributed by atoms with van der Waals surface area (Å²) in [4.78, 5) is 15.8. The number of carbonyl (C=O) groups excluding carboxylic acids is 1. The van der Waals surface area contributed by atoms with Gasteiger partial charge in [-0.2, -0.15) is 0 Å². The number of nitrogens with zero attached hydrogens (tertiary/aromatic N) is 1. The number of dihydropyridines is 1. The molecule has 100 valence electrons. The third-order valence-corrected chi connectivity index (χ3v) is 2.93. The Morgan fingerprint density at radius 1 is 1.53 bits per heavy atom. The lowest BCUT2D eigenvalue weighted by atomic mass is 9.97. The summed E-state index contributed by atoms with van der Waals surface area (Å²) in [5, 5.41) is 9.94. The topological polar surface area (TPSA) is 84.9 Å². The van der Waals surface area contributed by atoms with Crippen molar-refractivity contribution in [2.75, 3.05) is 12.3 Å². The molecule has 0 aliphatic carbocycles. The Bertz CT molecular complexity index is 549. The molecule has 1 aromatic carbocycles. The predicted octanol–water partition coefficient (Wildman–Crippen LogP) is 2.16. The highest BCUT2D eigenvalue weighted by Gasteiger charge is 2.24. The lowest BCUT2D eigenvalue weighted by Gasteiger charge is -2.19. The fourth-order valence-corrected chi connectivity index (χ4v) is 1.97. The number of benzene rings is 1. The van der Waals surface area contributed by atoms with Crippen LogP contribution < -0.4 is 5.73 Å². The van der Waals surface area contributed by atoms with E-state index in [0.717, 1.165) is 5.56 Å². The number of para-hydroxylation sites is 1. The van der Waals surface area contributed by atoms with Gasteiger partial charge in [-0.15, -0.1) is 0 Å². The molecule has 0 saturated carbocycles. The zero-order valence-electron chi connectivity index (χ0n) is 10.7. The maximum Gasteiger partial charge on any atom is 0.343 e. The van der Waals surface area contributed by atoms with Crippen molar-refractivity contribution in [2.45, 2.75) is 19.4 Å². The molecule has 19 heavy (non-hydrogen) atoms. The number of anilines is 1. The minimum absolute atomic E-state index is 0.0123. The van der Waals surface area contributed by atoms with E-state index in [1.807, 2.05) is 18.2 Å². The molecule has 0 aromatic heterocycles. The molecule has 0 saturated heterocycles. The third-order valence-electron chi connectivity index (χ3n) is 2.93. The molecule has 1 heterocycles. The number of aliphatic hydroxyl groups is 1. The van der Waals surface area contributed by atoms with Crippen molar-refractivity contribution in [3.8, 4) is 0 Å². The molecular weight excluding hydrogens is 244 g/mol. The van der Waals surface area contributed by atoms with Crippen LogP contribution in [0.15, 0.2) is 40.6 Å². The largest absolute Gasteiger partial charge is 0.511 e. The van der Waals surface area contributed by atoms with Crippen LogP contribution in [0.2, 0.25) is 0 Å². The Morgan fingerprint density at radius 3 is 2.89 bits per heavy atom. The van der Waals surface area contributed by atoms with Crippen LogP contribution in [0.1, 0.15) is 24.9 Å². The minimum Gasteiger partial charge on any atom is -0.511 e. The zero-order chi connectivity index (χ0) is 13.8. The molecule has 0 amide bonds. The van der Waals surface area contributed by atoms with Crippen molar-refractivity contribution in [3.05, 3.63) is 41.2 Å². The van der Waals surface area contributed by atoms with E-state index in [-0.39, 0.29) is 30.4 Å². The average Bonchev–Trinajstić information content (AvgIpc) is 2.39. The van der Waals surface area contributed by atoms with Crippen molar-refractivity contribution in [3.63, 3.8) is 0 Å². The van der Waals surface area contributed by atoms with Gasteiger partial charge in [0.1, 0.15) is 11.3 Å². The Balaban J connectivity index is 2.20. The minimum atomic E-state index is -0.553. The molecule has 1 aliphatic rings. The van der Waals surface area contributed by atoms with E-state index in [1.165, 1.54) is 6.21 Å². The van der Waals surface area contributed by atoms with Crippen molar-refractivity contribution in [1.82, 2.24) is 0 Å². The molecule has 1 aromatic rings. The number of esters is 1. The molecule has 1 aliphatic heterocycles. The second kappa shape index (κ2) is 5.56. The lowest BCUT2D eigenvalue weighted by Crippen LogP contribution is -2.16. The average molecular weight is 260 g/mol. The number of carbonyl (C=O) groups is 1. The highest BCUT2D eigenvalue weighted by Crippen LogP contribution is 2.31. The monoisotopic (exact) mass is 260 g/mol. The zero-order valence-corrected chi connectivity index (χ0v) is 10.7. The Labute approximate surface area is 111 Å². The molecule has 0 spiro atoms. The summed E-state index contributed by atoms with van der Waals surface area (Å²) >= 11 is 0. The van der Waals surface area contributed by atoms with Crippen LogP contribution in [-0.2, 0) is 9.53 Å². The van der Waals surface area contributed by atoms with E-state index in [4.69, 9.17) is 10.5 Å². The van der Waals surface area contributed by atoms with Crippen LogP contribution >= 0.6 is 0 Å². The van der Waals surface area contributed by atoms with E-state index < -0.39 is 5.97 Å². The van der Waals surface area contributed by atoms with E-state index in [2.05, 4.69) is 4.99 Å². The first-order valence-corrected chi connectivity index (χ1v) is 6.10. The van der Waals surface area contributed by atoms with Gasteiger partial charge in [0.15, 0.2) is 0 Å². The molecule has 3 N–H and O–H groups in total. The second-order valence-corrected chi connectivity index (χ2v) is 4.21. The van der Waals surface area contributed by atoms with E-state index >= 15 is 0 Å². The number of aliphatic imine (C=N–C) groups is 1. The standard InChI is InChI=1S/C14H16N2O3/c1-2-19-14(18)10-8-16-12(7-13(10)17)9-5-3-4-6-11(9)15/h3-6,8,12,17H,2,7,15H2,1H3. The summed E-state index contributed by atoms with van der Waals surface area (Å²) in [5.74, 6) is -0.565. The van der Waals surface area contributed by atoms with Gasteiger partial charge in [0.2, 0.25) is 0 Å². The van der Waals surface area contributed by atoms with Crippen molar-refractivity contribution in [2.24, 2.45) is 4.99 Å². The number of hydrogen-bond donors (Lipinski definition) is 2. The van der Waals surface area contributed by atoms with Gasteiger partial charge >= 0.3 is 5.97 Å². The highest BCUT2D eigenvalue weighted by atomic mass is 16.5. The molecule has 2 rings (SSSR count). The summed E-state index contributed by atoms with van der Waals surface area (Å²) in [6.07, 6.45) is 1.60. The SMILES string of the molecule is CCOC(=O)C1=C(O)CC(c2ccccc2N)N=C1. The molecule has 5 nitrogen and oxygen atoms in total. The Hall–Kier alpha value is -2.30. The maximum atomic E-state index is 11.6. The number of rotatable bonds is 3. The van der Waals surface area contributed by atoms with Crippen LogP contribution in [0.4, 0.5) is 5.69 Å². The normalized spacial score (nSPS) is 18.5. The van der Waals surface area contributed by atoms with Crippen LogP contribution in [0.3, 0.4) is 0 Å². The van der Waals surface area contributed by atoms with Gasteiger partial charge in [-0.3, -0.25) is 4.99 Å². The van der Waals surface area contributed by atoms with E-state index in [0.29, 0.717) is 5.69 Å². The highest BCUT2D eigenvalue weighted by molar-refractivity contribution is 6.10. The first kappa shape index (κ1) is 13.1. The van der Waals surface area contributed by atoms with Crippen molar-refractivity contribution >= 4 is 17.9 Å². The van der Waals surface area contributed by atoms with Gasteiger partial charge in [0.05, 0.1) is 12.6 Å². The third kappa shape index (κ3) is 2.76. The van der Waals surface area contributed by atoms with Gasteiger partial charge in [-0.1, -0.05) is 18.2 Å². The van der Waals surface area contributed by atoms with Gasteiger partial charge in [-0.05, 0) is 18.6 Å². The van der Waals surface area contributed by atoms with Gasteiger partial charge in [0.25, 0.3) is 0 Å². The van der Waals surface area contributed by atoms with Crippen molar-refractivity contribution < 1.29 is 14.6 Å². The van der Waals surface area contributed by atoms with Crippen LogP contribution in [-0.4, -0.2) is 23.9 Å². The molecule has 1 unspecified atom stereocenters. The predicted molar refractivity (Wildman–Crippen MR) is 73.0 cm³/mol. The Morgan fingerprint density at radius 2 is 2.26 bits per heavy atom. The van der Waals surface area contributed by atoms with Crippen molar-refractivity contribution in [1.29, 1.82) is 0 Å². The first-order valence-electron chi connectivity index (χ1n) is 6.10. The number of nitrogens with two attached hydrogens (primary N) is 1. The van der Waals surface area contributed by atoms with Gasteiger partial charge in [0, 0.05) is 18.3 Å². The summed E-state index contributed by atoms with van der Waals surface area (Å²) in [6.45, 7) is 1.97. The first-order chi connectivity index (χ1) is 9.13. The Kier molecular flexibility index (Phi) is 3.85.